The van der Waals surface area contributed by atoms with Crippen molar-refractivity contribution < 1.29 is 36.3 Å². The van der Waals surface area contributed by atoms with Crippen molar-refractivity contribution in [1.82, 2.24) is 10.3 Å². The van der Waals surface area contributed by atoms with Crippen LogP contribution >= 0.6 is 11.3 Å². The van der Waals surface area contributed by atoms with Crippen LogP contribution in [0.3, 0.4) is 0 Å². The number of carbonyl (C=O) groups is 2. The van der Waals surface area contributed by atoms with Gasteiger partial charge in [-0.05, 0) is 48.9 Å². The summed E-state index contributed by atoms with van der Waals surface area (Å²) >= 11 is 0.870. The smallest absolute Gasteiger partial charge is 0.416 e. The highest BCUT2D eigenvalue weighted by Gasteiger charge is 2.30. The van der Waals surface area contributed by atoms with Crippen LogP contribution in [0.15, 0.2) is 53.4 Å². The molecule has 0 saturated heterocycles. The van der Waals surface area contributed by atoms with E-state index in [1.807, 2.05) is 0 Å². The number of rotatable bonds is 7. The summed E-state index contributed by atoms with van der Waals surface area (Å²) in [6.45, 7) is 1.48. The number of nitrogens with zero attached hydrogens (tertiary/aromatic N) is 1. The first-order chi connectivity index (χ1) is 15.4. The van der Waals surface area contributed by atoms with Crippen LogP contribution in [0.5, 0.6) is 0 Å². The van der Waals surface area contributed by atoms with Gasteiger partial charge < -0.3 is 10.4 Å². The predicted molar refractivity (Wildman–Crippen MR) is 114 cm³/mol. The molecular formula is C20H16F3N3O5S2. The van der Waals surface area contributed by atoms with Gasteiger partial charge in [-0.25, -0.2) is 18.2 Å². The Morgan fingerprint density at radius 1 is 1.06 bits per heavy atom. The number of aryl methyl sites for hydroxylation is 1. The Balaban J connectivity index is 1.64. The van der Waals surface area contributed by atoms with E-state index in [0.717, 1.165) is 23.5 Å². The number of anilines is 1. The van der Waals surface area contributed by atoms with E-state index in [0.29, 0.717) is 10.4 Å². The number of benzene rings is 2. The van der Waals surface area contributed by atoms with Crippen LogP contribution in [-0.4, -0.2) is 30.4 Å². The van der Waals surface area contributed by atoms with Gasteiger partial charge in [0.2, 0.25) is 0 Å². The fourth-order valence-electron chi connectivity index (χ4n) is 2.69. The number of carboxylic acid groups (broad SMARTS) is 1. The molecule has 174 valence electrons. The third-order valence-electron chi connectivity index (χ3n) is 4.38. The zero-order chi connectivity index (χ0) is 24.4. The number of aromatic nitrogens is 1. The Kier molecular flexibility index (Phi) is 6.74. The Morgan fingerprint density at radius 2 is 1.67 bits per heavy atom. The predicted octanol–water partition coefficient (Wildman–Crippen LogP) is 3.90. The van der Waals surface area contributed by atoms with Gasteiger partial charge >= 0.3 is 12.1 Å². The fourth-order valence-corrected chi connectivity index (χ4v) is 4.73. The largest absolute Gasteiger partial charge is 0.476 e. The summed E-state index contributed by atoms with van der Waals surface area (Å²) in [5.74, 6) is -1.82. The van der Waals surface area contributed by atoms with Gasteiger partial charge in [-0.1, -0.05) is 12.1 Å². The summed E-state index contributed by atoms with van der Waals surface area (Å²) in [6.07, 6.45) is -4.45. The van der Waals surface area contributed by atoms with E-state index in [-0.39, 0.29) is 27.8 Å². The molecule has 0 fully saturated rings. The normalized spacial score (nSPS) is 11.8. The second kappa shape index (κ2) is 9.19. The first-order valence-electron chi connectivity index (χ1n) is 9.15. The summed E-state index contributed by atoms with van der Waals surface area (Å²) in [7, 11) is -4.07. The highest BCUT2D eigenvalue weighted by atomic mass is 32.2. The molecule has 0 aliphatic rings. The number of hydrogen-bond donors (Lipinski definition) is 3. The molecule has 0 aliphatic carbocycles. The molecule has 33 heavy (non-hydrogen) atoms. The quantitative estimate of drug-likeness (QED) is 0.453. The minimum Gasteiger partial charge on any atom is -0.476 e. The highest BCUT2D eigenvalue weighted by Crippen LogP contribution is 2.29. The molecule has 0 atom stereocenters. The maximum absolute atomic E-state index is 12.6. The first kappa shape index (κ1) is 24.2. The summed E-state index contributed by atoms with van der Waals surface area (Å²) in [6, 6.07) is 9.25. The van der Waals surface area contributed by atoms with Crippen molar-refractivity contribution in [3.63, 3.8) is 0 Å². The standard InChI is InChI=1S/C20H16F3N3O5S2/c1-11-16(18(28)29)25-19(32-11)26-33(30,31)15-8-4-13(5-9-15)17(27)24-10-12-2-6-14(7-3-12)20(21,22)23/h2-9H,10H2,1H3,(H,24,27)(H,25,26)(H,28,29). The van der Waals surface area contributed by atoms with E-state index in [1.165, 1.54) is 43.3 Å². The van der Waals surface area contributed by atoms with Gasteiger partial charge in [-0.15, -0.1) is 11.3 Å². The van der Waals surface area contributed by atoms with Gasteiger partial charge in [-0.3, -0.25) is 9.52 Å². The topological polar surface area (TPSA) is 125 Å². The lowest BCUT2D eigenvalue weighted by molar-refractivity contribution is -0.137. The van der Waals surface area contributed by atoms with Crippen LogP contribution in [-0.2, 0) is 22.7 Å². The van der Waals surface area contributed by atoms with Gasteiger partial charge in [0.1, 0.15) is 0 Å². The van der Waals surface area contributed by atoms with Crippen molar-refractivity contribution in [2.75, 3.05) is 4.72 Å². The van der Waals surface area contributed by atoms with Gasteiger partial charge in [0.05, 0.1) is 10.5 Å². The van der Waals surface area contributed by atoms with Gasteiger partial charge in [0, 0.05) is 17.0 Å². The van der Waals surface area contributed by atoms with Crippen molar-refractivity contribution in [2.45, 2.75) is 24.5 Å². The molecule has 1 heterocycles. The molecule has 0 saturated carbocycles. The highest BCUT2D eigenvalue weighted by molar-refractivity contribution is 7.93. The lowest BCUT2D eigenvalue weighted by atomic mass is 10.1. The number of amides is 1. The average Bonchev–Trinajstić information content (AvgIpc) is 3.11. The number of hydrogen-bond acceptors (Lipinski definition) is 6. The summed E-state index contributed by atoms with van der Waals surface area (Å²) in [5, 5.41) is 11.5. The van der Waals surface area contributed by atoms with Crippen molar-refractivity contribution in [3.05, 3.63) is 75.8 Å². The minimum absolute atomic E-state index is 0.0200. The monoisotopic (exact) mass is 499 g/mol. The molecule has 2 aromatic carbocycles. The molecule has 3 aromatic rings. The number of nitrogens with one attached hydrogen (secondary N) is 2. The maximum atomic E-state index is 12.6. The van der Waals surface area contributed by atoms with Gasteiger partial charge in [-0.2, -0.15) is 13.2 Å². The van der Waals surface area contributed by atoms with Crippen LogP contribution < -0.4 is 10.0 Å². The molecule has 0 radical (unpaired) electrons. The molecule has 0 unspecified atom stereocenters. The Bertz CT molecular complexity index is 1290. The van der Waals surface area contributed by atoms with E-state index in [4.69, 9.17) is 5.11 Å². The van der Waals surface area contributed by atoms with E-state index in [9.17, 15) is 31.2 Å². The summed E-state index contributed by atoms with van der Waals surface area (Å²) in [5.41, 5.74) is -0.453. The Labute approximate surface area is 190 Å². The number of carboxylic acids is 1. The molecule has 0 spiro atoms. The van der Waals surface area contributed by atoms with Gasteiger partial charge in [0.25, 0.3) is 15.9 Å². The molecule has 0 aliphatic heterocycles. The zero-order valence-electron chi connectivity index (χ0n) is 16.8. The summed E-state index contributed by atoms with van der Waals surface area (Å²) < 4.78 is 65.0. The van der Waals surface area contributed by atoms with Crippen molar-refractivity contribution >= 4 is 38.4 Å². The summed E-state index contributed by atoms with van der Waals surface area (Å²) in [4.78, 5) is 27.2. The van der Waals surface area contributed by atoms with E-state index in [2.05, 4.69) is 15.0 Å². The molecule has 3 rings (SSSR count). The number of halogens is 3. The number of thiazole rings is 1. The number of carbonyl (C=O) groups excluding carboxylic acids is 1. The van der Waals surface area contributed by atoms with Crippen LogP contribution in [0.1, 0.15) is 36.9 Å². The van der Waals surface area contributed by atoms with Crippen LogP contribution in [0.25, 0.3) is 0 Å². The van der Waals surface area contributed by atoms with E-state index >= 15 is 0 Å². The van der Waals surface area contributed by atoms with Crippen LogP contribution in [0, 0.1) is 6.92 Å². The molecular weight excluding hydrogens is 483 g/mol. The molecule has 0 bridgehead atoms. The minimum atomic E-state index is -4.45. The number of sulfonamides is 1. The molecule has 3 N–H and O–H groups in total. The van der Waals surface area contributed by atoms with Crippen LogP contribution in [0.2, 0.25) is 0 Å². The molecule has 1 amide bonds. The van der Waals surface area contributed by atoms with Gasteiger partial charge in [0.15, 0.2) is 10.8 Å². The lowest BCUT2D eigenvalue weighted by Crippen LogP contribution is -2.23. The maximum Gasteiger partial charge on any atom is 0.416 e. The third-order valence-corrected chi connectivity index (χ3v) is 6.75. The van der Waals surface area contributed by atoms with Crippen molar-refractivity contribution in [3.8, 4) is 0 Å². The Morgan fingerprint density at radius 3 is 2.18 bits per heavy atom. The first-order valence-corrected chi connectivity index (χ1v) is 11.4. The molecule has 13 heteroatoms. The second-order valence-corrected chi connectivity index (χ2v) is 9.62. The molecule has 8 nitrogen and oxygen atoms in total. The molecule has 1 aromatic heterocycles. The second-order valence-electron chi connectivity index (χ2n) is 6.74. The van der Waals surface area contributed by atoms with Crippen molar-refractivity contribution in [1.29, 1.82) is 0 Å². The average molecular weight is 499 g/mol. The fraction of sp³-hybridized carbons (Fsp3) is 0.150. The van der Waals surface area contributed by atoms with Crippen LogP contribution in [0.4, 0.5) is 18.3 Å². The van der Waals surface area contributed by atoms with Crippen molar-refractivity contribution in [2.24, 2.45) is 0 Å². The number of alkyl halides is 3. The third kappa shape index (κ3) is 5.87. The zero-order valence-corrected chi connectivity index (χ0v) is 18.4. The van der Waals surface area contributed by atoms with E-state index < -0.39 is 33.6 Å². The number of aromatic carboxylic acids is 1. The lowest BCUT2D eigenvalue weighted by Gasteiger charge is -2.09. The Hall–Kier alpha value is -3.45. The van der Waals surface area contributed by atoms with E-state index in [1.54, 1.807) is 0 Å². The SMILES string of the molecule is Cc1sc(NS(=O)(=O)c2ccc(C(=O)NCc3ccc(C(F)(F)F)cc3)cc2)nc1C(=O)O.